The van der Waals surface area contributed by atoms with E-state index in [1.54, 1.807) is 0 Å². The van der Waals surface area contributed by atoms with Crippen molar-refractivity contribution < 1.29 is 14.7 Å². The number of hydrogen-bond acceptors (Lipinski definition) is 3. The molecule has 0 aromatic carbocycles. The maximum atomic E-state index is 10.5. The topological polar surface area (TPSA) is 54.4 Å². The Morgan fingerprint density at radius 2 is 2.09 bits per heavy atom. The standard InChI is InChI=1S/C7H12O3S/c1-2-3-4-11-5-6(8)7(9)10/h2-5H2,1H3,(H,9,10). The molecule has 0 saturated carbocycles. The van der Waals surface area contributed by atoms with Gasteiger partial charge in [-0.15, -0.1) is 0 Å². The number of unbranched alkanes of at least 4 members (excludes halogenated alkanes) is 1. The number of carboxylic acid groups (broad SMARTS) is 1. The lowest BCUT2D eigenvalue weighted by molar-refractivity contribution is -0.147. The Bertz CT molecular complexity index is 145. The fraction of sp³-hybridized carbons (Fsp3) is 0.714. The van der Waals surface area contributed by atoms with Gasteiger partial charge in [0, 0.05) is 0 Å². The molecule has 11 heavy (non-hydrogen) atoms. The summed E-state index contributed by atoms with van der Waals surface area (Å²) in [5.74, 6) is -1.05. The minimum absolute atomic E-state index is 0.106. The molecule has 0 aliphatic carbocycles. The molecule has 0 aliphatic heterocycles. The van der Waals surface area contributed by atoms with E-state index in [1.165, 1.54) is 11.8 Å². The fourth-order valence-electron chi connectivity index (χ4n) is 0.473. The number of thioether (sulfide) groups is 1. The zero-order valence-electron chi connectivity index (χ0n) is 6.50. The monoisotopic (exact) mass is 176 g/mol. The lowest BCUT2D eigenvalue weighted by Gasteiger charge is -1.95. The van der Waals surface area contributed by atoms with Crippen LogP contribution in [0.4, 0.5) is 0 Å². The molecule has 0 atom stereocenters. The molecule has 0 saturated heterocycles. The molecule has 0 aromatic heterocycles. The predicted molar refractivity (Wildman–Crippen MR) is 44.9 cm³/mol. The number of carbonyl (C=O) groups is 2. The minimum atomic E-state index is -1.33. The zero-order valence-corrected chi connectivity index (χ0v) is 7.32. The van der Waals surface area contributed by atoms with Gasteiger partial charge in [0.15, 0.2) is 0 Å². The van der Waals surface area contributed by atoms with Crippen LogP contribution in [0.25, 0.3) is 0 Å². The molecule has 0 fully saturated rings. The largest absolute Gasteiger partial charge is 0.475 e. The molecule has 0 amide bonds. The van der Waals surface area contributed by atoms with Crippen LogP contribution in [0.5, 0.6) is 0 Å². The Morgan fingerprint density at radius 1 is 1.45 bits per heavy atom. The highest BCUT2D eigenvalue weighted by atomic mass is 32.2. The summed E-state index contributed by atoms with van der Waals surface area (Å²) in [4.78, 5) is 20.5. The van der Waals surface area contributed by atoms with Crippen molar-refractivity contribution >= 4 is 23.5 Å². The molecule has 64 valence electrons. The lowest BCUT2D eigenvalue weighted by atomic mass is 10.4. The summed E-state index contributed by atoms with van der Waals surface area (Å²) in [5.41, 5.74) is 0. The maximum Gasteiger partial charge on any atom is 0.373 e. The highest BCUT2D eigenvalue weighted by Gasteiger charge is 2.09. The first-order valence-corrected chi connectivity index (χ1v) is 4.67. The molecule has 0 rings (SSSR count). The van der Waals surface area contributed by atoms with E-state index in [2.05, 4.69) is 6.92 Å². The van der Waals surface area contributed by atoms with E-state index in [1.807, 2.05) is 0 Å². The Balaban J connectivity index is 3.25. The van der Waals surface area contributed by atoms with Crippen LogP contribution in [0.2, 0.25) is 0 Å². The van der Waals surface area contributed by atoms with Crippen LogP contribution < -0.4 is 0 Å². The van der Waals surface area contributed by atoms with Crippen molar-refractivity contribution in [3.8, 4) is 0 Å². The number of carbonyl (C=O) groups excluding carboxylic acids is 1. The highest BCUT2D eigenvalue weighted by Crippen LogP contribution is 2.03. The van der Waals surface area contributed by atoms with Gasteiger partial charge in [-0.2, -0.15) is 11.8 Å². The Kier molecular flexibility index (Phi) is 5.93. The third kappa shape index (κ3) is 5.91. The van der Waals surface area contributed by atoms with Gasteiger partial charge in [-0.3, -0.25) is 4.79 Å². The molecule has 0 bridgehead atoms. The average molecular weight is 176 g/mol. The van der Waals surface area contributed by atoms with E-state index in [9.17, 15) is 9.59 Å². The summed E-state index contributed by atoms with van der Waals surface area (Å²) in [6.07, 6.45) is 2.12. The van der Waals surface area contributed by atoms with Gasteiger partial charge >= 0.3 is 5.97 Å². The van der Waals surface area contributed by atoms with Gasteiger partial charge in [-0.1, -0.05) is 13.3 Å². The summed E-state index contributed by atoms with van der Waals surface area (Å²) in [6, 6.07) is 0. The third-order valence-corrected chi connectivity index (χ3v) is 2.16. The summed E-state index contributed by atoms with van der Waals surface area (Å²) < 4.78 is 0. The summed E-state index contributed by atoms with van der Waals surface area (Å²) in [7, 11) is 0. The second-order valence-electron chi connectivity index (χ2n) is 2.13. The molecular formula is C7H12O3S. The van der Waals surface area contributed by atoms with Crippen LogP contribution in [0.1, 0.15) is 19.8 Å². The number of aliphatic carboxylic acids is 1. The van der Waals surface area contributed by atoms with Crippen molar-refractivity contribution in [2.45, 2.75) is 19.8 Å². The lowest BCUT2D eigenvalue weighted by Crippen LogP contribution is -2.14. The first-order chi connectivity index (χ1) is 5.18. The van der Waals surface area contributed by atoms with Crippen LogP contribution >= 0.6 is 11.8 Å². The van der Waals surface area contributed by atoms with Crippen LogP contribution in [0.15, 0.2) is 0 Å². The molecule has 0 spiro atoms. The predicted octanol–water partition coefficient (Wildman–Crippen LogP) is 1.17. The maximum absolute atomic E-state index is 10.5. The smallest absolute Gasteiger partial charge is 0.373 e. The molecule has 0 aliphatic rings. The van der Waals surface area contributed by atoms with E-state index in [0.29, 0.717) is 0 Å². The summed E-state index contributed by atoms with van der Waals surface area (Å²) >= 11 is 1.38. The normalized spacial score (nSPS) is 9.55. The molecule has 0 heterocycles. The van der Waals surface area contributed by atoms with Crippen molar-refractivity contribution in [2.24, 2.45) is 0 Å². The Hall–Kier alpha value is -0.510. The van der Waals surface area contributed by atoms with Crippen LogP contribution in [-0.4, -0.2) is 28.4 Å². The Labute approximate surface area is 70.2 Å². The number of rotatable bonds is 6. The van der Waals surface area contributed by atoms with Crippen molar-refractivity contribution in [3.05, 3.63) is 0 Å². The van der Waals surface area contributed by atoms with E-state index in [4.69, 9.17) is 5.11 Å². The molecule has 0 radical (unpaired) electrons. The van der Waals surface area contributed by atoms with E-state index in [-0.39, 0.29) is 5.75 Å². The molecule has 1 N–H and O–H groups in total. The van der Waals surface area contributed by atoms with E-state index in [0.717, 1.165) is 18.6 Å². The SMILES string of the molecule is CCCCSCC(=O)C(=O)O. The molecule has 3 nitrogen and oxygen atoms in total. The van der Waals surface area contributed by atoms with Gasteiger partial charge in [-0.05, 0) is 12.2 Å². The number of carboxylic acids is 1. The first-order valence-electron chi connectivity index (χ1n) is 3.52. The number of hydrogen-bond donors (Lipinski definition) is 1. The van der Waals surface area contributed by atoms with Crippen LogP contribution in [-0.2, 0) is 9.59 Å². The molecule has 4 heteroatoms. The van der Waals surface area contributed by atoms with Crippen molar-refractivity contribution in [1.82, 2.24) is 0 Å². The Morgan fingerprint density at radius 3 is 2.55 bits per heavy atom. The van der Waals surface area contributed by atoms with Crippen molar-refractivity contribution in [3.63, 3.8) is 0 Å². The average Bonchev–Trinajstić information content (AvgIpc) is 1.97. The summed E-state index contributed by atoms with van der Waals surface area (Å²) in [5, 5.41) is 8.18. The third-order valence-electron chi connectivity index (χ3n) is 1.11. The molecule has 0 aromatic rings. The van der Waals surface area contributed by atoms with E-state index >= 15 is 0 Å². The quantitative estimate of drug-likeness (QED) is 0.487. The summed E-state index contributed by atoms with van der Waals surface area (Å²) in [6.45, 7) is 2.06. The zero-order chi connectivity index (χ0) is 8.69. The van der Waals surface area contributed by atoms with Crippen molar-refractivity contribution in [2.75, 3.05) is 11.5 Å². The molecule has 0 unspecified atom stereocenters. The van der Waals surface area contributed by atoms with Gasteiger partial charge in [0.1, 0.15) is 0 Å². The van der Waals surface area contributed by atoms with Gasteiger partial charge in [0.25, 0.3) is 0 Å². The number of Topliss-reactive ketones (excluding diaryl/α,β-unsaturated/α-hetero) is 1. The van der Waals surface area contributed by atoms with Gasteiger partial charge in [0.2, 0.25) is 5.78 Å². The fourth-order valence-corrected chi connectivity index (χ4v) is 1.42. The van der Waals surface area contributed by atoms with Crippen molar-refractivity contribution in [1.29, 1.82) is 0 Å². The van der Waals surface area contributed by atoms with E-state index < -0.39 is 11.8 Å². The van der Waals surface area contributed by atoms with Gasteiger partial charge in [-0.25, -0.2) is 4.79 Å². The second-order valence-corrected chi connectivity index (χ2v) is 3.24. The van der Waals surface area contributed by atoms with Crippen LogP contribution in [0, 0.1) is 0 Å². The van der Waals surface area contributed by atoms with Gasteiger partial charge in [0.05, 0.1) is 5.75 Å². The van der Waals surface area contributed by atoms with Gasteiger partial charge < -0.3 is 5.11 Å². The first kappa shape index (κ1) is 10.5. The highest BCUT2D eigenvalue weighted by molar-refractivity contribution is 8.00. The second kappa shape index (κ2) is 6.22. The van der Waals surface area contributed by atoms with Crippen LogP contribution in [0.3, 0.4) is 0 Å². The number of ketones is 1. The minimum Gasteiger partial charge on any atom is -0.475 e. The molecular weight excluding hydrogens is 164 g/mol.